The molecule has 2 aromatic rings. The van der Waals surface area contributed by atoms with E-state index in [1.54, 1.807) is 6.07 Å². The molecule has 7 heteroatoms. The number of carbonyl (C=O) groups is 2. The Kier molecular flexibility index (Phi) is 4.14. The van der Waals surface area contributed by atoms with E-state index in [1.165, 1.54) is 34.4 Å². The molecule has 0 spiro atoms. The molecule has 0 bridgehead atoms. The summed E-state index contributed by atoms with van der Waals surface area (Å²) in [6, 6.07) is 5.58. The van der Waals surface area contributed by atoms with Crippen molar-refractivity contribution in [2.45, 2.75) is 13.0 Å². The van der Waals surface area contributed by atoms with Gasteiger partial charge in [0.05, 0.1) is 30.0 Å². The number of hydrogen-bond acceptors (Lipinski definition) is 4. The maximum Gasteiger partial charge on any atom is 0.259 e. The van der Waals surface area contributed by atoms with Crippen LogP contribution in [0.25, 0.3) is 0 Å². The van der Waals surface area contributed by atoms with Crippen molar-refractivity contribution < 1.29 is 24.0 Å². The monoisotopic (exact) mass is 334 g/mol. The number of benzene rings is 1. The quantitative estimate of drug-likeness (QED) is 0.835. The van der Waals surface area contributed by atoms with Gasteiger partial charge >= 0.3 is 0 Å². The normalized spacial score (nSPS) is 16.7. The number of carbonyl (C=O) groups excluding carboxylic acids is 2. The lowest BCUT2D eigenvalue weighted by Gasteiger charge is -2.20. The van der Waals surface area contributed by atoms with E-state index < -0.39 is 17.7 Å². The van der Waals surface area contributed by atoms with Crippen LogP contribution in [0.5, 0.6) is 0 Å². The van der Waals surface area contributed by atoms with Crippen molar-refractivity contribution in [3.63, 3.8) is 0 Å². The topological polar surface area (TPSA) is 73.7 Å². The van der Waals surface area contributed by atoms with Crippen molar-refractivity contribution in [1.29, 1.82) is 0 Å². The number of quaternary nitrogens is 1. The predicted molar refractivity (Wildman–Crippen MR) is 82.2 cm³/mol. The molecular weight excluding hydrogens is 319 g/mol. The minimum Gasteiger partial charge on any atom is -0.545 e. The van der Waals surface area contributed by atoms with Crippen LogP contribution in [0.2, 0.25) is 0 Å². The number of nitrogens with one attached hydrogen (secondary N) is 2. The van der Waals surface area contributed by atoms with Gasteiger partial charge in [-0.3, -0.25) is 4.79 Å². The van der Waals surface area contributed by atoms with Gasteiger partial charge in [-0.15, -0.1) is 11.3 Å². The molecule has 2 heterocycles. The molecule has 0 aliphatic carbocycles. The largest absolute Gasteiger partial charge is 0.545 e. The number of amides is 1. The standard InChI is InChI=1S/C16H15FN2O3S/c1-19-7-6-10-12(8-19)23-15(13(10)16(21)22)18-14(20)9-4-2-3-5-11(9)17/h2-5H,6-8H2,1H3,(H,18,20)(H,21,22). The highest BCUT2D eigenvalue weighted by Crippen LogP contribution is 2.34. The maximum absolute atomic E-state index is 13.7. The summed E-state index contributed by atoms with van der Waals surface area (Å²) in [5, 5.41) is 14.2. The SMILES string of the molecule is C[NH+]1CCc2c(sc(NC(=O)c3ccccc3F)c2C(=O)[O-])C1. The third-order valence-corrected chi connectivity index (χ3v) is 5.05. The van der Waals surface area contributed by atoms with E-state index in [0.717, 1.165) is 17.0 Å². The first kappa shape index (κ1) is 15.6. The molecule has 1 aromatic heterocycles. The lowest BCUT2D eigenvalue weighted by Crippen LogP contribution is -3.08. The summed E-state index contributed by atoms with van der Waals surface area (Å²) in [7, 11) is 2.03. The number of aromatic carboxylic acids is 1. The van der Waals surface area contributed by atoms with Gasteiger partial charge < -0.3 is 20.1 Å². The van der Waals surface area contributed by atoms with Crippen molar-refractivity contribution in [3.05, 3.63) is 51.7 Å². The number of carboxylic acids is 1. The molecule has 5 nitrogen and oxygen atoms in total. The fraction of sp³-hybridized carbons (Fsp3) is 0.250. The van der Waals surface area contributed by atoms with Crippen LogP contribution in [-0.2, 0) is 13.0 Å². The molecule has 23 heavy (non-hydrogen) atoms. The van der Waals surface area contributed by atoms with Gasteiger partial charge in [0.25, 0.3) is 5.91 Å². The van der Waals surface area contributed by atoms with Gasteiger partial charge in [0.2, 0.25) is 0 Å². The number of anilines is 1. The lowest BCUT2D eigenvalue weighted by atomic mass is 10.0. The lowest BCUT2D eigenvalue weighted by molar-refractivity contribution is -0.895. The summed E-state index contributed by atoms with van der Waals surface area (Å²) >= 11 is 1.23. The fourth-order valence-electron chi connectivity index (χ4n) is 2.74. The number of thiophene rings is 1. The zero-order valence-corrected chi connectivity index (χ0v) is 13.3. The first-order chi connectivity index (χ1) is 11.0. The van der Waals surface area contributed by atoms with Crippen LogP contribution in [-0.4, -0.2) is 25.5 Å². The summed E-state index contributed by atoms with van der Waals surface area (Å²) in [6.07, 6.45) is 0.622. The molecule has 1 amide bonds. The summed E-state index contributed by atoms with van der Waals surface area (Å²) < 4.78 is 13.7. The van der Waals surface area contributed by atoms with Crippen LogP contribution in [0.3, 0.4) is 0 Å². The minimum absolute atomic E-state index is 0.0298. The van der Waals surface area contributed by atoms with Crippen LogP contribution >= 0.6 is 11.3 Å². The molecular formula is C16H15FN2O3S. The van der Waals surface area contributed by atoms with Gasteiger partial charge in [-0.05, 0) is 17.7 Å². The molecule has 0 fully saturated rings. The third-order valence-electron chi connectivity index (χ3n) is 3.90. The minimum atomic E-state index is -1.31. The van der Waals surface area contributed by atoms with E-state index in [-0.39, 0.29) is 16.1 Å². The Hall–Kier alpha value is -2.25. The summed E-state index contributed by atoms with van der Waals surface area (Å²) in [6.45, 7) is 1.53. The van der Waals surface area contributed by atoms with E-state index >= 15 is 0 Å². The van der Waals surface area contributed by atoms with Crippen molar-refractivity contribution in [2.24, 2.45) is 0 Å². The highest BCUT2D eigenvalue weighted by atomic mass is 32.1. The molecule has 3 rings (SSSR count). The van der Waals surface area contributed by atoms with Gasteiger partial charge in [0, 0.05) is 12.0 Å². The number of rotatable bonds is 3. The number of carboxylic acid groups (broad SMARTS) is 1. The summed E-state index contributed by atoms with van der Waals surface area (Å²) in [4.78, 5) is 25.9. The van der Waals surface area contributed by atoms with Crippen molar-refractivity contribution >= 4 is 28.2 Å². The van der Waals surface area contributed by atoms with Crippen LogP contribution in [0, 0.1) is 5.82 Å². The first-order valence-corrected chi connectivity index (χ1v) is 8.02. The van der Waals surface area contributed by atoms with Crippen LogP contribution in [0.15, 0.2) is 24.3 Å². The Labute approximate surface area is 136 Å². The second-order valence-electron chi connectivity index (χ2n) is 5.56. The number of likely N-dealkylation sites (N-methyl/N-ethyl adjacent to an activating group) is 1. The molecule has 0 radical (unpaired) electrons. The summed E-state index contributed by atoms with van der Waals surface area (Å²) in [5.41, 5.74) is 0.637. The highest BCUT2D eigenvalue weighted by Gasteiger charge is 2.26. The molecule has 1 atom stereocenters. The zero-order chi connectivity index (χ0) is 16.6. The van der Waals surface area contributed by atoms with Crippen molar-refractivity contribution in [2.75, 3.05) is 18.9 Å². The zero-order valence-electron chi connectivity index (χ0n) is 12.4. The van der Waals surface area contributed by atoms with E-state index in [9.17, 15) is 19.1 Å². The van der Waals surface area contributed by atoms with Gasteiger partial charge in [-0.25, -0.2) is 4.39 Å². The van der Waals surface area contributed by atoms with Gasteiger partial charge in [0.15, 0.2) is 0 Å². The van der Waals surface area contributed by atoms with Gasteiger partial charge in [0.1, 0.15) is 17.4 Å². The second-order valence-corrected chi connectivity index (χ2v) is 6.67. The number of hydrogen-bond donors (Lipinski definition) is 2. The van der Waals surface area contributed by atoms with Crippen molar-refractivity contribution in [3.8, 4) is 0 Å². The predicted octanol–water partition coefficient (Wildman–Crippen LogP) is 0.0738. The number of fused-ring (bicyclic) bond motifs is 1. The van der Waals surface area contributed by atoms with Crippen LogP contribution < -0.4 is 15.3 Å². The Morgan fingerprint density at radius 1 is 1.35 bits per heavy atom. The molecule has 0 saturated carbocycles. The van der Waals surface area contributed by atoms with Crippen LogP contribution in [0.4, 0.5) is 9.39 Å². The Balaban J connectivity index is 1.96. The third kappa shape index (κ3) is 2.97. The van der Waals surface area contributed by atoms with Crippen LogP contribution in [0.1, 0.15) is 31.2 Å². The molecule has 1 unspecified atom stereocenters. The van der Waals surface area contributed by atoms with Gasteiger partial charge in [-0.2, -0.15) is 0 Å². The Morgan fingerprint density at radius 3 is 2.78 bits per heavy atom. The summed E-state index contributed by atoms with van der Waals surface area (Å²) in [5.74, 6) is -2.62. The molecule has 120 valence electrons. The Morgan fingerprint density at radius 2 is 2.09 bits per heavy atom. The number of halogens is 1. The first-order valence-electron chi connectivity index (χ1n) is 7.20. The van der Waals surface area contributed by atoms with Crippen molar-refractivity contribution in [1.82, 2.24) is 0 Å². The fourth-order valence-corrected chi connectivity index (χ4v) is 4.08. The second kappa shape index (κ2) is 6.10. The van der Waals surface area contributed by atoms with E-state index in [4.69, 9.17) is 0 Å². The molecule has 2 N–H and O–H groups in total. The molecule has 1 aromatic carbocycles. The van der Waals surface area contributed by atoms with E-state index in [1.807, 2.05) is 7.05 Å². The maximum atomic E-state index is 13.7. The average molecular weight is 334 g/mol. The van der Waals surface area contributed by atoms with E-state index in [2.05, 4.69) is 5.32 Å². The highest BCUT2D eigenvalue weighted by molar-refractivity contribution is 7.17. The smallest absolute Gasteiger partial charge is 0.259 e. The Bertz CT molecular complexity index is 788. The van der Waals surface area contributed by atoms with E-state index in [0.29, 0.717) is 13.0 Å². The molecule has 1 aliphatic rings. The van der Waals surface area contributed by atoms with Gasteiger partial charge in [-0.1, -0.05) is 12.1 Å². The average Bonchev–Trinajstić information content (AvgIpc) is 2.84. The molecule has 0 saturated heterocycles. The molecule has 1 aliphatic heterocycles.